The van der Waals surface area contributed by atoms with E-state index in [1.165, 1.54) is 0 Å². The van der Waals surface area contributed by atoms with E-state index in [0.717, 1.165) is 12.2 Å². The zero-order valence-electron chi connectivity index (χ0n) is 12.1. The second-order valence-corrected chi connectivity index (χ2v) is 5.83. The van der Waals surface area contributed by atoms with Crippen molar-refractivity contribution in [1.82, 2.24) is 5.32 Å². The summed E-state index contributed by atoms with van der Waals surface area (Å²) < 4.78 is 5.40. The van der Waals surface area contributed by atoms with Gasteiger partial charge in [-0.3, -0.25) is 4.79 Å². The lowest BCUT2D eigenvalue weighted by Crippen LogP contribution is -2.48. The Morgan fingerprint density at radius 1 is 1.60 bits per heavy atom. The SMILES string of the molecule is Cc1cc(C(C)(O)CNC(=O)C2(C#N)CCC2)c(C)o1. The zero-order chi connectivity index (χ0) is 15.0. The third-order valence-corrected chi connectivity index (χ3v) is 4.07. The van der Waals surface area contributed by atoms with E-state index in [-0.39, 0.29) is 12.5 Å². The molecule has 108 valence electrons. The van der Waals surface area contributed by atoms with E-state index < -0.39 is 11.0 Å². The summed E-state index contributed by atoms with van der Waals surface area (Å²) in [6.45, 7) is 5.28. The topological polar surface area (TPSA) is 86.3 Å². The van der Waals surface area contributed by atoms with Crippen LogP contribution in [0, 0.1) is 30.6 Å². The highest BCUT2D eigenvalue weighted by molar-refractivity contribution is 5.86. The molecule has 1 heterocycles. The molecule has 0 spiro atoms. The number of nitriles is 1. The third-order valence-electron chi connectivity index (χ3n) is 4.07. The van der Waals surface area contributed by atoms with Crippen molar-refractivity contribution in [2.75, 3.05) is 6.54 Å². The Kier molecular flexibility index (Phi) is 3.61. The van der Waals surface area contributed by atoms with Crippen molar-refractivity contribution in [2.24, 2.45) is 5.41 Å². The normalized spacial score (nSPS) is 19.6. The van der Waals surface area contributed by atoms with Gasteiger partial charge in [-0.25, -0.2) is 0 Å². The Bertz CT molecular complexity index is 562. The molecule has 1 aromatic heterocycles. The van der Waals surface area contributed by atoms with Gasteiger partial charge in [-0.05, 0) is 46.1 Å². The lowest BCUT2D eigenvalue weighted by atomic mass is 9.69. The Morgan fingerprint density at radius 3 is 2.65 bits per heavy atom. The second-order valence-electron chi connectivity index (χ2n) is 5.83. The van der Waals surface area contributed by atoms with Crippen LogP contribution in [0.25, 0.3) is 0 Å². The molecule has 0 bridgehead atoms. The second kappa shape index (κ2) is 4.95. The molecule has 1 aliphatic rings. The first-order valence-corrected chi connectivity index (χ1v) is 6.80. The van der Waals surface area contributed by atoms with Crippen LogP contribution >= 0.6 is 0 Å². The van der Waals surface area contributed by atoms with Crippen molar-refractivity contribution >= 4 is 5.91 Å². The number of rotatable bonds is 4. The number of aliphatic hydroxyl groups is 1. The smallest absolute Gasteiger partial charge is 0.240 e. The fourth-order valence-corrected chi connectivity index (χ4v) is 2.60. The van der Waals surface area contributed by atoms with Gasteiger partial charge >= 0.3 is 0 Å². The van der Waals surface area contributed by atoms with Gasteiger partial charge in [0.25, 0.3) is 0 Å². The molecule has 1 fully saturated rings. The number of carbonyl (C=O) groups is 1. The van der Waals surface area contributed by atoms with Gasteiger partial charge in [0.2, 0.25) is 5.91 Å². The third kappa shape index (κ3) is 2.44. The molecule has 0 radical (unpaired) electrons. The lowest BCUT2D eigenvalue weighted by molar-refractivity contribution is -0.133. The van der Waals surface area contributed by atoms with Crippen molar-refractivity contribution < 1.29 is 14.3 Å². The highest BCUT2D eigenvalue weighted by Gasteiger charge is 2.45. The molecule has 1 aliphatic carbocycles. The standard InChI is InChI=1S/C15H20N2O3/c1-10-7-12(11(2)20-10)14(3,19)9-17-13(18)15(8-16)5-4-6-15/h7,19H,4-6,9H2,1-3H3,(H,17,18). The quantitative estimate of drug-likeness (QED) is 0.879. The van der Waals surface area contributed by atoms with Crippen LogP contribution in [-0.2, 0) is 10.4 Å². The predicted octanol–water partition coefficient (Wildman–Crippen LogP) is 1.91. The number of nitrogens with zero attached hydrogens (tertiary/aromatic N) is 1. The van der Waals surface area contributed by atoms with E-state index in [2.05, 4.69) is 11.4 Å². The minimum atomic E-state index is -1.21. The van der Waals surface area contributed by atoms with Crippen molar-refractivity contribution in [2.45, 2.75) is 45.6 Å². The molecular formula is C15H20N2O3. The van der Waals surface area contributed by atoms with Crippen LogP contribution in [-0.4, -0.2) is 17.6 Å². The molecule has 1 aromatic rings. The largest absolute Gasteiger partial charge is 0.466 e. The number of aryl methyl sites for hydroxylation is 2. The molecule has 0 saturated heterocycles. The summed E-state index contributed by atoms with van der Waals surface area (Å²) in [4.78, 5) is 12.1. The lowest BCUT2D eigenvalue weighted by Gasteiger charge is -2.34. The van der Waals surface area contributed by atoms with E-state index in [9.17, 15) is 9.90 Å². The molecule has 1 unspecified atom stereocenters. The monoisotopic (exact) mass is 276 g/mol. The molecule has 5 nitrogen and oxygen atoms in total. The van der Waals surface area contributed by atoms with E-state index in [1.807, 2.05) is 6.92 Å². The maximum Gasteiger partial charge on any atom is 0.240 e. The Hall–Kier alpha value is -1.80. The summed E-state index contributed by atoms with van der Waals surface area (Å²) in [5.74, 6) is 1.07. The van der Waals surface area contributed by atoms with Gasteiger partial charge in [-0.1, -0.05) is 0 Å². The summed E-state index contributed by atoms with van der Waals surface area (Å²) in [6, 6.07) is 3.86. The predicted molar refractivity (Wildman–Crippen MR) is 72.7 cm³/mol. The number of amides is 1. The molecule has 0 aliphatic heterocycles. The van der Waals surface area contributed by atoms with Crippen LogP contribution in [0.15, 0.2) is 10.5 Å². The molecule has 5 heteroatoms. The van der Waals surface area contributed by atoms with Gasteiger partial charge in [0.15, 0.2) is 0 Å². The molecule has 2 rings (SSSR count). The van der Waals surface area contributed by atoms with E-state index in [1.54, 1.807) is 19.9 Å². The van der Waals surface area contributed by atoms with Crippen LogP contribution in [0.3, 0.4) is 0 Å². The first-order valence-electron chi connectivity index (χ1n) is 6.80. The summed E-state index contributed by atoms with van der Waals surface area (Å²) >= 11 is 0. The fourth-order valence-electron chi connectivity index (χ4n) is 2.60. The molecule has 1 atom stereocenters. The van der Waals surface area contributed by atoms with Gasteiger partial charge in [-0.2, -0.15) is 5.26 Å². The fraction of sp³-hybridized carbons (Fsp3) is 0.600. The summed E-state index contributed by atoms with van der Waals surface area (Å²) in [5.41, 5.74) is -1.44. The van der Waals surface area contributed by atoms with E-state index in [0.29, 0.717) is 24.2 Å². The van der Waals surface area contributed by atoms with Gasteiger partial charge < -0.3 is 14.8 Å². The first kappa shape index (κ1) is 14.6. The molecule has 20 heavy (non-hydrogen) atoms. The van der Waals surface area contributed by atoms with Gasteiger partial charge in [0.1, 0.15) is 22.5 Å². The summed E-state index contributed by atoms with van der Waals surface area (Å²) in [7, 11) is 0. The highest BCUT2D eigenvalue weighted by atomic mass is 16.3. The van der Waals surface area contributed by atoms with Crippen molar-refractivity contribution in [1.29, 1.82) is 5.26 Å². The molecule has 2 N–H and O–H groups in total. The number of hydrogen-bond donors (Lipinski definition) is 2. The number of carbonyl (C=O) groups excluding carboxylic acids is 1. The van der Waals surface area contributed by atoms with Crippen LogP contribution in [0.1, 0.15) is 43.3 Å². The van der Waals surface area contributed by atoms with Crippen molar-refractivity contribution in [3.05, 3.63) is 23.2 Å². The molecular weight excluding hydrogens is 256 g/mol. The average Bonchev–Trinajstić information content (AvgIpc) is 2.66. The summed E-state index contributed by atoms with van der Waals surface area (Å²) in [6.07, 6.45) is 2.10. The molecule has 0 aromatic carbocycles. The van der Waals surface area contributed by atoms with Crippen LogP contribution in [0.4, 0.5) is 0 Å². The maximum absolute atomic E-state index is 12.1. The minimum Gasteiger partial charge on any atom is -0.466 e. The Labute approximate surface area is 118 Å². The average molecular weight is 276 g/mol. The van der Waals surface area contributed by atoms with Gasteiger partial charge in [0, 0.05) is 5.56 Å². The van der Waals surface area contributed by atoms with E-state index in [4.69, 9.17) is 9.68 Å². The van der Waals surface area contributed by atoms with Crippen molar-refractivity contribution in [3.63, 3.8) is 0 Å². The van der Waals surface area contributed by atoms with Gasteiger partial charge in [0.05, 0.1) is 12.6 Å². The van der Waals surface area contributed by atoms with E-state index >= 15 is 0 Å². The van der Waals surface area contributed by atoms with Crippen molar-refractivity contribution in [3.8, 4) is 6.07 Å². The molecule has 1 amide bonds. The van der Waals surface area contributed by atoms with Gasteiger partial charge in [-0.15, -0.1) is 0 Å². The maximum atomic E-state index is 12.1. The summed E-state index contributed by atoms with van der Waals surface area (Å²) in [5, 5.41) is 22.3. The Morgan fingerprint density at radius 2 is 2.25 bits per heavy atom. The van der Waals surface area contributed by atoms with Crippen LogP contribution in [0.2, 0.25) is 0 Å². The minimum absolute atomic E-state index is 0.0646. The number of furan rings is 1. The number of hydrogen-bond acceptors (Lipinski definition) is 4. The number of nitrogens with one attached hydrogen (secondary N) is 1. The zero-order valence-corrected chi connectivity index (χ0v) is 12.1. The first-order chi connectivity index (χ1) is 9.31. The highest BCUT2D eigenvalue weighted by Crippen LogP contribution is 2.40. The van der Waals surface area contributed by atoms with Crippen LogP contribution < -0.4 is 5.32 Å². The Balaban J connectivity index is 2.05. The van der Waals surface area contributed by atoms with Crippen LogP contribution in [0.5, 0.6) is 0 Å². The molecule has 1 saturated carbocycles.